The zero-order chi connectivity index (χ0) is 13.3. The van der Waals surface area contributed by atoms with Crippen LogP contribution < -0.4 is 4.72 Å². The smallest absolute Gasteiger partial charge is 0.262 e. The number of aromatic nitrogens is 5. The van der Waals surface area contributed by atoms with Crippen molar-refractivity contribution in [3.8, 4) is 0 Å². The number of anilines is 1. The highest BCUT2D eigenvalue weighted by atomic mass is 79.9. The summed E-state index contributed by atoms with van der Waals surface area (Å²) < 4.78 is 27.6. The number of sulfonamides is 1. The third kappa shape index (κ3) is 2.60. The summed E-state index contributed by atoms with van der Waals surface area (Å²) in [6.45, 7) is 0. The van der Waals surface area contributed by atoms with E-state index in [1.165, 1.54) is 13.1 Å². The van der Waals surface area contributed by atoms with Crippen molar-refractivity contribution in [3.63, 3.8) is 0 Å². The average Bonchev–Trinajstić information content (AvgIpc) is 2.58. The second-order valence-corrected chi connectivity index (χ2v) is 5.88. The van der Waals surface area contributed by atoms with Gasteiger partial charge in [0.25, 0.3) is 10.0 Å². The van der Waals surface area contributed by atoms with Gasteiger partial charge in [-0.25, -0.2) is 14.6 Å². The van der Waals surface area contributed by atoms with E-state index >= 15 is 0 Å². The molecule has 0 radical (unpaired) electrons. The molecule has 2 rings (SSSR count). The Bertz CT molecular complexity index is 667. The third-order valence-electron chi connectivity index (χ3n) is 1.86. The Balaban J connectivity index is 2.39. The molecule has 0 aliphatic heterocycles. The molecule has 8 nitrogen and oxygen atoms in total. The highest BCUT2D eigenvalue weighted by molar-refractivity contribution is 9.10. The Kier molecular flexibility index (Phi) is 3.50. The fourth-order valence-electron chi connectivity index (χ4n) is 1.18. The molecule has 0 atom stereocenters. The quantitative estimate of drug-likeness (QED) is 0.820. The molecule has 2 aromatic heterocycles. The van der Waals surface area contributed by atoms with Crippen molar-refractivity contribution in [1.82, 2.24) is 25.0 Å². The van der Waals surface area contributed by atoms with Gasteiger partial charge in [0.2, 0.25) is 5.03 Å². The van der Waals surface area contributed by atoms with Gasteiger partial charge in [-0.15, -0.1) is 5.10 Å². The van der Waals surface area contributed by atoms with Crippen LogP contribution in [0.1, 0.15) is 0 Å². The highest BCUT2D eigenvalue weighted by Gasteiger charge is 2.24. The number of hydrogen-bond acceptors (Lipinski definition) is 6. The first-order valence-corrected chi connectivity index (χ1v) is 7.11. The average molecular weight is 354 g/mol. The Labute approximate surface area is 116 Å². The second-order valence-electron chi connectivity index (χ2n) is 3.14. The zero-order valence-electron chi connectivity index (χ0n) is 8.87. The summed E-state index contributed by atoms with van der Waals surface area (Å²) in [7, 11) is -2.40. The first-order chi connectivity index (χ1) is 8.40. The van der Waals surface area contributed by atoms with Crippen LogP contribution in [-0.2, 0) is 17.1 Å². The summed E-state index contributed by atoms with van der Waals surface area (Å²) in [6.07, 6.45) is 1.15. The number of nitrogens with one attached hydrogen (secondary N) is 1. The van der Waals surface area contributed by atoms with E-state index in [0.29, 0.717) is 0 Å². The minimum absolute atomic E-state index is 0.0584. The lowest BCUT2D eigenvalue weighted by atomic mass is 10.6. The van der Waals surface area contributed by atoms with E-state index in [9.17, 15) is 8.42 Å². The number of nitrogens with zero attached hydrogens (tertiary/aromatic N) is 5. The molecule has 0 saturated heterocycles. The first kappa shape index (κ1) is 13.2. The van der Waals surface area contributed by atoms with Crippen LogP contribution in [0.2, 0.25) is 5.15 Å². The SMILES string of the molecule is Cn1nnc(Br)c1S(=O)(=O)Nc1cc(Cl)ncn1. The molecule has 0 aromatic carbocycles. The minimum Gasteiger partial charge on any atom is -0.262 e. The van der Waals surface area contributed by atoms with Crippen LogP contribution in [0.4, 0.5) is 5.82 Å². The van der Waals surface area contributed by atoms with E-state index in [2.05, 4.69) is 40.9 Å². The lowest BCUT2D eigenvalue weighted by Crippen LogP contribution is -2.18. The maximum absolute atomic E-state index is 12.1. The minimum atomic E-state index is -3.86. The molecule has 0 aliphatic carbocycles. The predicted octanol–water partition coefficient (Wildman–Crippen LogP) is 0.822. The van der Waals surface area contributed by atoms with Crippen molar-refractivity contribution in [1.29, 1.82) is 0 Å². The zero-order valence-corrected chi connectivity index (χ0v) is 12.0. The predicted molar refractivity (Wildman–Crippen MR) is 66.6 cm³/mol. The number of hydrogen-bond donors (Lipinski definition) is 1. The van der Waals surface area contributed by atoms with Crippen molar-refractivity contribution in [2.24, 2.45) is 7.05 Å². The summed E-state index contributed by atoms with van der Waals surface area (Å²) >= 11 is 8.64. The monoisotopic (exact) mass is 352 g/mol. The largest absolute Gasteiger partial charge is 0.283 e. The van der Waals surface area contributed by atoms with Crippen LogP contribution in [0.25, 0.3) is 0 Å². The Morgan fingerprint density at radius 2 is 2.17 bits per heavy atom. The van der Waals surface area contributed by atoms with Gasteiger partial charge in [-0.3, -0.25) is 4.72 Å². The molecule has 1 N–H and O–H groups in total. The molecule has 0 amide bonds. The molecule has 0 spiro atoms. The summed E-state index contributed by atoms with van der Waals surface area (Å²) in [6, 6.07) is 1.29. The lowest BCUT2D eigenvalue weighted by molar-refractivity contribution is 0.578. The molecule has 0 aliphatic rings. The molecule has 2 aromatic rings. The van der Waals surface area contributed by atoms with E-state index in [1.54, 1.807) is 0 Å². The molecule has 0 fully saturated rings. The molecule has 0 saturated carbocycles. The second kappa shape index (κ2) is 4.78. The highest BCUT2D eigenvalue weighted by Crippen LogP contribution is 2.20. The van der Waals surface area contributed by atoms with Crippen molar-refractivity contribution in [2.75, 3.05) is 4.72 Å². The van der Waals surface area contributed by atoms with Crippen LogP contribution in [0.5, 0.6) is 0 Å². The molecular weight excluding hydrogens is 348 g/mol. The maximum atomic E-state index is 12.1. The number of rotatable bonds is 3. The van der Waals surface area contributed by atoms with Gasteiger partial charge in [0.15, 0.2) is 4.60 Å². The molecule has 2 heterocycles. The number of aryl methyl sites for hydroxylation is 1. The molecule has 96 valence electrons. The van der Waals surface area contributed by atoms with Crippen LogP contribution in [-0.4, -0.2) is 33.4 Å². The Morgan fingerprint density at radius 1 is 1.44 bits per heavy atom. The molecule has 0 bridgehead atoms. The summed E-state index contributed by atoms with van der Waals surface area (Å²) in [5, 5.41) is 7.19. The fourth-order valence-corrected chi connectivity index (χ4v) is 3.43. The van der Waals surface area contributed by atoms with E-state index in [0.717, 1.165) is 11.0 Å². The van der Waals surface area contributed by atoms with Gasteiger partial charge in [-0.1, -0.05) is 16.8 Å². The van der Waals surface area contributed by atoms with Crippen LogP contribution in [0.15, 0.2) is 22.0 Å². The van der Waals surface area contributed by atoms with E-state index < -0.39 is 10.0 Å². The molecule has 11 heteroatoms. The van der Waals surface area contributed by atoms with Crippen molar-refractivity contribution in [3.05, 3.63) is 22.1 Å². The summed E-state index contributed by atoms with van der Waals surface area (Å²) in [4.78, 5) is 7.39. The van der Waals surface area contributed by atoms with E-state index in [1.807, 2.05) is 0 Å². The van der Waals surface area contributed by atoms with Crippen molar-refractivity contribution in [2.45, 2.75) is 5.03 Å². The summed E-state index contributed by atoms with van der Waals surface area (Å²) in [5.41, 5.74) is 0. The van der Waals surface area contributed by atoms with Crippen LogP contribution in [0.3, 0.4) is 0 Å². The van der Waals surface area contributed by atoms with Gasteiger partial charge in [0.1, 0.15) is 17.3 Å². The first-order valence-electron chi connectivity index (χ1n) is 4.45. The van der Waals surface area contributed by atoms with Gasteiger partial charge in [-0.05, 0) is 15.9 Å². The molecule has 0 unspecified atom stereocenters. The maximum Gasteiger partial charge on any atom is 0.283 e. The Hall–Kier alpha value is -1.26. The van der Waals surface area contributed by atoms with Gasteiger partial charge in [0.05, 0.1) is 0 Å². The van der Waals surface area contributed by atoms with Crippen molar-refractivity contribution < 1.29 is 8.42 Å². The molecular formula is C7H6BrClN6O2S. The number of halogens is 2. The normalized spacial score (nSPS) is 11.5. The third-order valence-corrected chi connectivity index (χ3v) is 4.31. The van der Waals surface area contributed by atoms with E-state index in [-0.39, 0.29) is 20.6 Å². The van der Waals surface area contributed by atoms with Gasteiger partial charge in [0, 0.05) is 13.1 Å². The van der Waals surface area contributed by atoms with Gasteiger partial charge in [-0.2, -0.15) is 8.42 Å². The van der Waals surface area contributed by atoms with Gasteiger partial charge < -0.3 is 0 Å². The molecule has 18 heavy (non-hydrogen) atoms. The Morgan fingerprint density at radius 3 is 2.72 bits per heavy atom. The standard InChI is InChI=1S/C7H6BrClN6O2S/c1-15-7(6(8)12-14-15)18(16,17)13-5-2-4(9)10-3-11-5/h2-3H,1H3,(H,10,11,13). The van der Waals surface area contributed by atoms with Crippen LogP contribution >= 0.6 is 27.5 Å². The lowest BCUT2D eigenvalue weighted by Gasteiger charge is -2.06. The summed E-state index contributed by atoms with van der Waals surface area (Å²) in [5.74, 6) is 0.0584. The topological polar surface area (TPSA) is 103 Å². The van der Waals surface area contributed by atoms with Crippen molar-refractivity contribution >= 4 is 43.4 Å². The fraction of sp³-hybridized carbons (Fsp3) is 0.143. The van der Waals surface area contributed by atoms with E-state index in [4.69, 9.17) is 11.6 Å². The van der Waals surface area contributed by atoms with Crippen LogP contribution in [0, 0.1) is 0 Å². The van der Waals surface area contributed by atoms with Gasteiger partial charge >= 0.3 is 0 Å².